The fourth-order valence-corrected chi connectivity index (χ4v) is 4.11. The molecule has 180 valence electrons. The number of imidazole rings is 1. The third-order valence-electron chi connectivity index (χ3n) is 6.09. The summed E-state index contributed by atoms with van der Waals surface area (Å²) in [5, 5.41) is 10.8. The van der Waals surface area contributed by atoms with Crippen molar-refractivity contribution in [2.75, 3.05) is 0 Å². The van der Waals surface area contributed by atoms with Crippen LogP contribution in [0.15, 0.2) is 38.6 Å². The van der Waals surface area contributed by atoms with Gasteiger partial charge >= 0.3 is 5.69 Å². The van der Waals surface area contributed by atoms with Crippen LogP contribution in [0, 0.1) is 12.7 Å². The number of unbranched alkanes of at least 4 members (excludes halogenated alkanes) is 2. The van der Waals surface area contributed by atoms with Gasteiger partial charge in [-0.05, 0) is 37.5 Å². The molecule has 0 saturated heterocycles. The number of fused-ring (bicyclic) bond motifs is 3. The van der Waals surface area contributed by atoms with E-state index in [1.165, 1.54) is 37.2 Å². The molecule has 0 aliphatic rings. The van der Waals surface area contributed by atoms with Gasteiger partial charge in [0.25, 0.3) is 11.1 Å². The van der Waals surface area contributed by atoms with Crippen molar-refractivity contribution < 1.29 is 9.50 Å². The fourth-order valence-electron chi connectivity index (χ4n) is 4.11. The topological polar surface area (TPSA) is 104 Å². The zero-order valence-corrected chi connectivity index (χ0v) is 19.5. The van der Waals surface area contributed by atoms with Gasteiger partial charge in [0.05, 0.1) is 12.1 Å². The SMILES string of the molecule is CCCCn1c(=O)c2c(nc3n(Cc4ccc(F)cc4)c(O)c(C)c(=O)n23)n(CCCC)c1=O. The first-order valence-electron chi connectivity index (χ1n) is 11.5. The summed E-state index contributed by atoms with van der Waals surface area (Å²) < 4.78 is 18.6. The van der Waals surface area contributed by atoms with Crippen LogP contribution < -0.4 is 16.8 Å². The number of hydrogen-bond donors (Lipinski definition) is 1. The molecule has 3 heterocycles. The van der Waals surface area contributed by atoms with Crippen LogP contribution in [-0.2, 0) is 19.6 Å². The lowest BCUT2D eigenvalue weighted by atomic mass is 10.2. The summed E-state index contributed by atoms with van der Waals surface area (Å²) in [6.07, 6.45) is 2.95. The maximum absolute atomic E-state index is 13.4. The van der Waals surface area contributed by atoms with E-state index in [-0.39, 0.29) is 41.5 Å². The fraction of sp³-hybridized carbons (Fsp3) is 0.417. The number of aromatic nitrogens is 5. The molecule has 0 saturated carbocycles. The van der Waals surface area contributed by atoms with E-state index in [0.717, 1.165) is 12.8 Å². The summed E-state index contributed by atoms with van der Waals surface area (Å²) >= 11 is 0. The van der Waals surface area contributed by atoms with Gasteiger partial charge in [-0.3, -0.25) is 23.3 Å². The summed E-state index contributed by atoms with van der Waals surface area (Å²) in [4.78, 5) is 44.4. The van der Waals surface area contributed by atoms with E-state index in [0.29, 0.717) is 24.9 Å². The number of halogens is 1. The quantitative estimate of drug-likeness (QED) is 0.427. The molecule has 0 aliphatic heterocycles. The van der Waals surface area contributed by atoms with Gasteiger partial charge in [0.15, 0.2) is 11.2 Å². The van der Waals surface area contributed by atoms with Gasteiger partial charge in [-0.25, -0.2) is 13.6 Å². The molecule has 4 rings (SSSR count). The third kappa shape index (κ3) is 3.82. The molecule has 3 aromatic heterocycles. The zero-order chi connectivity index (χ0) is 24.6. The Morgan fingerprint density at radius 3 is 2.15 bits per heavy atom. The van der Waals surface area contributed by atoms with Crippen LogP contribution in [0.5, 0.6) is 5.88 Å². The summed E-state index contributed by atoms with van der Waals surface area (Å²) in [7, 11) is 0. The third-order valence-corrected chi connectivity index (χ3v) is 6.09. The first kappa shape index (κ1) is 23.5. The van der Waals surface area contributed by atoms with E-state index in [4.69, 9.17) is 0 Å². The minimum atomic E-state index is -0.579. The normalized spacial score (nSPS) is 11.6. The second kappa shape index (κ2) is 9.28. The van der Waals surface area contributed by atoms with Crippen molar-refractivity contribution in [3.63, 3.8) is 0 Å². The molecule has 4 aromatic rings. The zero-order valence-electron chi connectivity index (χ0n) is 19.5. The predicted molar refractivity (Wildman–Crippen MR) is 127 cm³/mol. The Morgan fingerprint density at radius 2 is 1.53 bits per heavy atom. The van der Waals surface area contributed by atoms with Gasteiger partial charge in [-0.1, -0.05) is 38.8 Å². The van der Waals surface area contributed by atoms with Crippen molar-refractivity contribution in [1.82, 2.24) is 23.1 Å². The van der Waals surface area contributed by atoms with Crippen molar-refractivity contribution in [1.29, 1.82) is 0 Å². The van der Waals surface area contributed by atoms with Crippen LogP contribution in [0.1, 0.15) is 50.7 Å². The van der Waals surface area contributed by atoms with Crippen molar-refractivity contribution in [3.8, 4) is 5.88 Å². The van der Waals surface area contributed by atoms with Gasteiger partial charge in [-0.2, -0.15) is 4.98 Å². The lowest BCUT2D eigenvalue weighted by Gasteiger charge is -2.13. The van der Waals surface area contributed by atoms with Gasteiger partial charge in [0.2, 0.25) is 11.7 Å². The highest BCUT2D eigenvalue weighted by atomic mass is 19.1. The summed E-state index contributed by atoms with van der Waals surface area (Å²) in [6.45, 7) is 6.10. The van der Waals surface area contributed by atoms with E-state index in [2.05, 4.69) is 4.98 Å². The summed E-state index contributed by atoms with van der Waals surface area (Å²) in [5.74, 6) is -0.651. The van der Waals surface area contributed by atoms with Crippen molar-refractivity contribution >= 4 is 16.9 Å². The predicted octanol–water partition coefficient (Wildman–Crippen LogP) is 2.77. The highest BCUT2D eigenvalue weighted by Crippen LogP contribution is 2.21. The Morgan fingerprint density at radius 1 is 0.912 bits per heavy atom. The Balaban J connectivity index is 2.11. The first-order valence-corrected chi connectivity index (χ1v) is 11.5. The Kier molecular flexibility index (Phi) is 6.41. The van der Waals surface area contributed by atoms with Gasteiger partial charge < -0.3 is 5.11 Å². The molecule has 9 nitrogen and oxygen atoms in total. The molecule has 0 fully saturated rings. The maximum atomic E-state index is 13.4. The van der Waals surface area contributed by atoms with Crippen LogP contribution in [0.4, 0.5) is 4.39 Å². The number of rotatable bonds is 8. The number of benzene rings is 1. The number of aromatic hydroxyl groups is 1. The molecule has 1 N–H and O–H groups in total. The van der Waals surface area contributed by atoms with Crippen LogP contribution in [0.3, 0.4) is 0 Å². The second-order valence-electron chi connectivity index (χ2n) is 8.48. The van der Waals surface area contributed by atoms with Crippen molar-refractivity contribution in [2.45, 2.75) is 66.1 Å². The molecule has 0 radical (unpaired) electrons. The van der Waals surface area contributed by atoms with E-state index >= 15 is 0 Å². The second-order valence-corrected chi connectivity index (χ2v) is 8.48. The minimum Gasteiger partial charge on any atom is -0.494 e. The van der Waals surface area contributed by atoms with E-state index in [9.17, 15) is 23.9 Å². The first-order chi connectivity index (χ1) is 16.3. The molecule has 0 unspecified atom stereocenters. The van der Waals surface area contributed by atoms with Gasteiger partial charge in [0.1, 0.15) is 5.82 Å². The minimum absolute atomic E-state index is 0.0164. The highest BCUT2D eigenvalue weighted by molar-refractivity contribution is 5.75. The van der Waals surface area contributed by atoms with Crippen molar-refractivity contribution in [2.24, 2.45) is 0 Å². The highest BCUT2D eigenvalue weighted by Gasteiger charge is 2.24. The van der Waals surface area contributed by atoms with E-state index < -0.39 is 22.6 Å². The Hall–Kier alpha value is -3.69. The molecule has 0 spiro atoms. The number of aryl methyl sites for hydroxylation is 1. The molecule has 0 atom stereocenters. The van der Waals surface area contributed by atoms with E-state index in [1.54, 1.807) is 12.1 Å². The monoisotopic (exact) mass is 469 g/mol. The maximum Gasteiger partial charge on any atom is 0.332 e. The molecule has 0 bridgehead atoms. The smallest absolute Gasteiger partial charge is 0.332 e. The van der Waals surface area contributed by atoms with Crippen LogP contribution in [0.25, 0.3) is 16.9 Å². The lowest BCUT2D eigenvalue weighted by molar-refractivity contribution is 0.414. The number of nitrogens with zero attached hydrogens (tertiary/aromatic N) is 5. The van der Waals surface area contributed by atoms with Crippen LogP contribution in [-0.4, -0.2) is 28.2 Å². The molecule has 34 heavy (non-hydrogen) atoms. The van der Waals surface area contributed by atoms with E-state index in [1.807, 2.05) is 13.8 Å². The van der Waals surface area contributed by atoms with Crippen LogP contribution >= 0.6 is 0 Å². The molecular weight excluding hydrogens is 441 g/mol. The molecule has 0 amide bonds. The Bertz CT molecular complexity index is 1540. The largest absolute Gasteiger partial charge is 0.494 e. The number of hydrogen-bond acceptors (Lipinski definition) is 5. The van der Waals surface area contributed by atoms with Crippen molar-refractivity contribution in [3.05, 3.63) is 72.4 Å². The lowest BCUT2D eigenvalue weighted by Crippen LogP contribution is -2.41. The van der Waals surface area contributed by atoms with Crippen LogP contribution in [0.2, 0.25) is 0 Å². The Labute approximate surface area is 194 Å². The van der Waals surface area contributed by atoms with Gasteiger partial charge in [0, 0.05) is 13.1 Å². The summed E-state index contributed by atoms with van der Waals surface area (Å²) in [5.41, 5.74) is -0.776. The van der Waals surface area contributed by atoms with Gasteiger partial charge in [-0.15, -0.1) is 0 Å². The summed E-state index contributed by atoms with van der Waals surface area (Å²) in [6, 6.07) is 5.73. The average molecular weight is 470 g/mol. The molecule has 0 aliphatic carbocycles. The molecule has 10 heteroatoms. The standard InChI is InChI=1S/C24H28FN5O4/c1-4-6-12-27-19-18(22(33)28(24(27)34)13-7-5-2)30-21(32)15(3)20(31)29(23(30)26-19)14-16-8-10-17(25)11-9-16/h8-11,31H,4-7,12-14H2,1-3H3. The average Bonchev–Trinajstić information content (AvgIpc) is 3.22. The molecule has 1 aromatic carbocycles. The molecular formula is C24H28FN5O4.